The Morgan fingerprint density at radius 3 is 2.30 bits per heavy atom. The highest BCUT2D eigenvalue weighted by atomic mass is 19.4. The number of hydrogen-bond acceptors (Lipinski definition) is 5. The fourth-order valence-corrected chi connectivity index (χ4v) is 3.25. The lowest BCUT2D eigenvalue weighted by molar-refractivity contribution is -0.192. The largest absolute Gasteiger partial charge is 0.497 e. The summed E-state index contributed by atoms with van der Waals surface area (Å²) in [5, 5.41) is 14.8. The van der Waals surface area contributed by atoms with Gasteiger partial charge in [-0.3, -0.25) is 10.00 Å². The van der Waals surface area contributed by atoms with Crippen LogP contribution in [0.15, 0.2) is 30.3 Å². The molecular weight excluding hydrogens is 401 g/mol. The lowest BCUT2D eigenvalue weighted by atomic mass is 10.2. The number of alkyl halides is 3. The number of nitrogens with one attached hydrogen (secondary N) is 1. The van der Waals surface area contributed by atoms with E-state index in [-0.39, 0.29) is 0 Å². The molecule has 0 atom stereocenters. The average Bonchev–Trinajstić information content (AvgIpc) is 3.48. The predicted octanol–water partition coefficient (Wildman–Crippen LogP) is 3.25. The molecule has 30 heavy (non-hydrogen) atoms. The van der Waals surface area contributed by atoms with Crippen LogP contribution in [0, 0.1) is 0 Å². The van der Waals surface area contributed by atoms with Crippen molar-refractivity contribution in [2.45, 2.75) is 31.5 Å². The molecule has 0 bridgehead atoms. The van der Waals surface area contributed by atoms with Gasteiger partial charge in [-0.1, -0.05) is 0 Å². The van der Waals surface area contributed by atoms with Crippen molar-refractivity contribution >= 4 is 11.7 Å². The topological polar surface area (TPSA) is 81.7 Å². The fraction of sp³-hybridized carbons (Fsp3) is 0.500. The molecule has 1 saturated carbocycles. The Morgan fingerprint density at radius 2 is 1.80 bits per heavy atom. The highest BCUT2D eigenvalue weighted by molar-refractivity contribution is 5.73. The van der Waals surface area contributed by atoms with E-state index in [1.165, 1.54) is 29.9 Å². The first kappa shape index (κ1) is 21.9. The van der Waals surface area contributed by atoms with Gasteiger partial charge in [0.05, 0.1) is 12.8 Å². The lowest BCUT2D eigenvalue weighted by Crippen LogP contribution is -2.46. The van der Waals surface area contributed by atoms with Gasteiger partial charge in [0, 0.05) is 50.0 Å². The van der Waals surface area contributed by atoms with Crippen LogP contribution in [-0.2, 0) is 11.3 Å². The number of anilines is 1. The number of benzene rings is 1. The van der Waals surface area contributed by atoms with Gasteiger partial charge in [-0.05, 0) is 43.2 Å². The molecule has 2 aliphatic rings. The number of hydrogen-bond donors (Lipinski definition) is 2. The van der Waals surface area contributed by atoms with Crippen molar-refractivity contribution in [2.75, 3.05) is 38.2 Å². The van der Waals surface area contributed by atoms with Crippen molar-refractivity contribution < 1.29 is 27.8 Å². The quantitative estimate of drug-likeness (QED) is 0.764. The van der Waals surface area contributed by atoms with E-state index in [1.54, 1.807) is 7.11 Å². The number of nitrogens with zero attached hydrogens (tertiary/aromatic N) is 3. The van der Waals surface area contributed by atoms with E-state index in [0.717, 1.165) is 44.4 Å². The Kier molecular flexibility index (Phi) is 6.86. The third kappa shape index (κ3) is 6.12. The standard InChI is InChI=1S/C18H24N4O.C2HF3O2/c1-23-17-6-4-16(5-7-17)22-10-8-21(9-11-22)13-15-12-18(20-19-15)14-2-3-14;3-2(4,5)1(6)7/h4-7,12,14H,2-3,8-11,13H2,1H3,(H,19,20);(H,6,7). The molecule has 0 amide bonds. The average molecular weight is 426 g/mol. The second-order valence-electron chi connectivity index (χ2n) is 7.36. The Labute approximate surface area is 172 Å². The van der Waals surface area contributed by atoms with Crippen LogP contribution in [0.4, 0.5) is 18.9 Å². The van der Waals surface area contributed by atoms with E-state index < -0.39 is 12.1 Å². The maximum atomic E-state index is 10.6. The molecule has 4 rings (SSSR count). The van der Waals surface area contributed by atoms with Crippen molar-refractivity contribution in [3.63, 3.8) is 0 Å². The number of rotatable bonds is 5. The van der Waals surface area contributed by atoms with Crippen molar-refractivity contribution in [1.29, 1.82) is 0 Å². The van der Waals surface area contributed by atoms with Crippen LogP contribution in [-0.4, -0.2) is 65.6 Å². The second-order valence-corrected chi connectivity index (χ2v) is 7.36. The number of H-pyrrole nitrogens is 1. The molecule has 0 radical (unpaired) electrons. The van der Waals surface area contributed by atoms with E-state index in [2.05, 4.69) is 38.2 Å². The Morgan fingerprint density at radius 1 is 1.20 bits per heavy atom. The molecule has 2 N–H and O–H groups in total. The lowest BCUT2D eigenvalue weighted by Gasteiger charge is -2.35. The summed E-state index contributed by atoms with van der Waals surface area (Å²) in [6.45, 7) is 5.29. The third-order valence-corrected chi connectivity index (χ3v) is 5.09. The van der Waals surface area contributed by atoms with E-state index in [9.17, 15) is 13.2 Å². The molecule has 1 aliphatic carbocycles. The maximum absolute atomic E-state index is 10.6. The molecule has 7 nitrogen and oxygen atoms in total. The van der Waals surface area contributed by atoms with Crippen molar-refractivity contribution in [2.24, 2.45) is 0 Å². The van der Waals surface area contributed by atoms with Gasteiger partial charge < -0.3 is 14.7 Å². The molecule has 0 unspecified atom stereocenters. The van der Waals surface area contributed by atoms with Crippen molar-refractivity contribution in [1.82, 2.24) is 15.1 Å². The van der Waals surface area contributed by atoms with Crippen molar-refractivity contribution in [3.8, 4) is 5.75 Å². The predicted molar refractivity (Wildman–Crippen MR) is 105 cm³/mol. The number of ether oxygens (including phenoxy) is 1. The molecular formula is C20H25F3N4O3. The Hall–Kier alpha value is -2.75. The molecule has 1 aromatic heterocycles. The van der Waals surface area contributed by atoms with Crippen LogP contribution in [0.3, 0.4) is 0 Å². The second kappa shape index (κ2) is 9.38. The van der Waals surface area contributed by atoms with Gasteiger partial charge in [0.25, 0.3) is 0 Å². The molecule has 2 aromatic rings. The first-order chi connectivity index (χ1) is 14.3. The van der Waals surface area contributed by atoms with Gasteiger partial charge in [0.2, 0.25) is 0 Å². The zero-order valence-electron chi connectivity index (χ0n) is 16.7. The summed E-state index contributed by atoms with van der Waals surface area (Å²) >= 11 is 0. The minimum Gasteiger partial charge on any atom is -0.497 e. The summed E-state index contributed by atoms with van der Waals surface area (Å²) < 4.78 is 37.0. The van der Waals surface area contributed by atoms with E-state index in [1.807, 2.05) is 12.1 Å². The molecule has 2 heterocycles. The molecule has 2 fully saturated rings. The van der Waals surface area contributed by atoms with E-state index in [0.29, 0.717) is 0 Å². The fourth-order valence-electron chi connectivity index (χ4n) is 3.25. The van der Waals surface area contributed by atoms with Gasteiger partial charge in [0.1, 0.15) is 5.75 Å². The smallest absolute Gasteiger partial charge is 0.490 e. The van der Waals surface area contributed by atoms with Crippen LogP contribution in [0.5, 0.6) is 5.75 Å². The number of carboxylic acids is 1. The SMILES string of the molecule is COc1ccc(N2CCN(Cc3cc(C4CC4)n[nH]3)CC2)cc1.O=C(O)C(F)(F)F. The molecule has 1 aliphatic heterocycles. The van der Waals surface area contributed by atoms with Gasteiger partial charge in [-0.15, -0.1) is 0 Å². The van der Waals surface area contributed by atoms with Gasteiger partial charge in [-0.25, -0.2) is 4.79 Å². The van der Waals surface area contributed by atoms with Crippen LogP contribution in [0.2, 0.25) is 0 Å². The van der Waals surface area contributed by atoms with Gasteiger partial charge in [-0.2, -0.15) is 18.3 Å². The van der Waals surface area contributed by atoms with Crippen LogP contribution in [0.1, 0.15) is 30.1 Å². The number of aromatic amines is 1. The molecule has 0 spiro atoms. The molecule has 1 saturated heterocycles. The number of methoxy groups -OCH3 is 1. The van der Waals surface area contributed by atoms with E-state index in [4.69, 9.17) is 14.6 Å². The highest BCUT2D eigenvalue weighted by Gasteiger charge is 2.38. The molecule has 1 aromatic carbocycles. The Balaban J connectivity index is 0.000000318. The zero-order chi connectivity index (χ0) is 21.7. The van der Waals surface area contributed by atoms with Crippen LogP contribution < -0.4 is 9.64 Å². The van der Waals surface area contributed by atoms with Crippen molar-refractivity contribution in [3.05, 3.63) is 41.7 Å². The summed E-state index contributed by atoms with van der Waals surface area (Å²) in [6, 6.07) is 10.6. The number of aromatic nitrogens is 2. The molecule has 164 valence electrons. The van der Waals surface area contributed by atoms with Gasteiger partial charge >= 0.3 is 12.1 Å². The summed E-state index contributed by atoms with van der Waals surface area (Å²) in [5.41, 5.74) is 3.80. The maximum Gasteiger partial charge on any atom is 0.490 e. The summed E-state index contributed by atoms with van der Waals surface area (Å²) in [6.07, 6.45) is -2.46. The highest BCUT2D eigenvalue weighted by Crippen LogP contribution is 2.39. The third-order valence-electron chi connectivity index (χ3n) is 5.09. The minimum atomic E-state index is -5.08. The Bertz CT molecular complexity index is 827. The number of aliphatic carboxylic acids is 1. The number of carboxylic acid groups (broad SMARTS) is 1. The summed E-state index contributed by atoms with van der Waals surface area (Å²) in [5.74, 6) is -1.11. The number of piperazine rings is 1. The normalized spacial score (nSPS) is 17.3. The van der Waals surface area contributed by atoms with E-state index >= 15 is 0 Å². The van der Waals surface area contributed by atoms with Crippen LogP contribution >= 0.6 is 0 Å². The monoisotopic (exact) mass is 426 g/mol. The number of halogens is 3. The summed E-state index contributed by atoms with van der Waals surface area (Å²) in [7, 11) is 1.71. The minimum absolute atomic E-state index is 0.729. The zero-order valence-corrected chi connectivity index (χ0v) is 16.7. The van der Waals surface area contributed by atoms with Crippen LogP contribution in [0.25, 0.3) is 0 Å². The first-order valence-corrected chi connectivity index (χ1v) is 9.72. The summed E-state index contributed by atoms with van der Waals surface area (Å²) in [4.78, 5) is 13.8. The first-order valence-electron chi connectivity index (χ1n) is 9.72. The number of carbonyl (C=O) groups is 1. The van der Waals surface area contributed by atoms with Gasteiger partial charge in [0.15, 0.2) is 0 Å². The molecule has 10 heteroatoms.